The molecular formula is C16H30N2O3. The molecule has 0 bridgehead atoms. The summed E-state index contributed by atoms with van der Waals surface area (Å²) in [5.74, 6) is -0.486. The van der Waals surface area contributed by atoms with E-state index in [1.54, 1.807) is 0 Å². The molecule has 5 nitrogen and oxygen atoms in total. The van der Waals surface area contributed by atoms with E-state index in [-0.39, 0.29) is 12.3 Å². The molecular weight excluding hydrogens is 268 g/mol. The van der Waals surface area contributed by atoms with Gasteiger partial charge in [0.25, 0.3) is 0 Å². The van der Waals surface area contributed by atoms with Crippen molar-refractivity contribution in [2.45, 2.75) is 58.3 Å². The zero-order valence-corrected chi connectivity index (χ0v) is 13.4. The highest BCUT2D eigenvalue weighted by atomic mass is 16.4. The molecule has 0 radical (unpaired) electrons. The van der Waals surface area contributed by atoms with E-state index in [0.29, 0.717) is 13.0 Å². The molecule has 122 valence electrons. The number of carbonyl (C=O) groups excluding carboxylic acids is 1. The zero-order valence-electron chi connectivity index (χ0n) is 13.4. The van der Waals surface area contributed by atoms with Gasteiger partial charge in [0, 0.05) is 39.1 Å². The molecule has 0 aliphatic carbocycles. The van der Waals surface area contributed by atoms with Gasteiger partial charge < -0.3 is 10.0 Å². The number of unbranched alkanes of at least 4 members (excludes halogenated alkanes) is 5. The van der Waals surface area contributed by atoms with Crippen molar-refractivity contribution in [3.05, 3.63) is 0 Å². The van der Waals surface area contributed by atoms with Crippen LogP contribution in [0.25, 0.3) is 0 Å². The smallest absolute Gasteiger partial charge is 0.304 e. The average Bonchev–Trinajstić information content (AvgIpc) is 2.49. The van der Waals surface area contributed by atoms with Crippen LogP contribution < -0.4 is 0 Å². The van der Waals surface area contributed by atoms with E-state index >= 15 is 0 Å². The second-order valence-corrected chi connectivity index (χ2v) is 5.88. The highest BCUT2D eigenvalue weighted by Gasteiger charge is 2.20. The Morgan fingerprint density at radius 1 is 0.905 bits per heavy atom. The minimum atomic E-state index is -0.753. The molecule has 1 aliphatic rings. The first-order valence-corrected chi connectivity index (χ1v) is 8.35. The number of hydrogen-bond donors (Lipinski definition) is 1. The Balaban J connectivity index is 2.07. The first-order chi connectivity index (χ1) is 10.1. The Hall–Kier alpha value is -1.10. The average molecular weight is 298 g/mol. The molecule has 1 N–H and O–H groups in total. The predicted molar refractivity (Wildman–Crippen MR) is 83.3 cm³/mol. The number of hydrogen-bond acceptors (Lipinski definition) is 3. The van der Waals surface area contributed by atoms with Gasteiger partial charge in [-0.3, -0.25) is 14.5 Å². The van der Waals surface area contributed by atoms with Crippen LogP contribution in [0.15, 0.2) is 0 Å². The maximum atomic E-state index is 12.1. The van der Waals surface area contributed by atoms with E-state index in [0.717, 1.165) is 39.0 Å². The molecule has 1 amide bonds. The molecule has 0 unspecified atom stereocenters. The van der Waals surface area contributed by atoms with Crippen molar-refractivity contribution in [2.75, 3.05) is 32.7 Å². The van der Waals surface area contributed by atoms with Crippen LogP contribution in [0.3, 0.4) is 0 Å². The van der Waals surface area contributed by atoms with E-state index in [1.807, 2.05) is 4.90 Å². The fourth-order valence-electron chi connectivity index (χ4n) is 2.69. The molecule has 1 aliphatic heterocycles. The van der Waals surface area contributed by atoms with Gasteiger partial charge in [0.05, 0.1) is 6.42 Å². The normalized spacial score (nSPS) is 16.1. The van der Waals surface area contributed by atoms with Crippen molar-refractivity contribution in [3.8, 4) is 0 Å². The third kappa shape index (κ3) is 8.05. The summed E-state index contributed by atoms with van der Waals surface area (Å²) < 4.78 is 0. The van der Waals surface area contributed by atoms with Crippen molar-refractivity contribution >= 4 is 11.9 Å². The summed E-state index contributed by atoms with van der Waals surface area (Å²) in [5, 5.41) is 8.67. The Kier molecular flexibility index (Phi) is 9.06. The summed E-state index contributed by atoms with van der Waals surface area (Å²) in [6.07, 6.45) is 8.09. The standard InChI is InChI=1S/C16H30N2O3/c1-2-3-4-5-6-7-8-15(19)18-13-11-17(12-14-18)10-9-16(20)21/h2-14H2,1H3,(H,20,21). The maximum absolute atomic E-state index is 12.1. The quantitative estimate of drug-likeness (QED) is 0.629. The van der Waals surface area contributed by atoms with Gasteiger partial charge in [-0.15, -0.1) is 0 Å². The SMILES string of the molecule is CCCCCCCCC(=O)N1CCN(CCC(=O)O)CC1. The van der Waals surface area contributed by atoms with Gasteiger partial charge in [0.1, 0.15) is 0 Å². The van der Waals surface area contributed by atoms with Gasteiger partial charge in [0.2, 0.25) is 5.91 Å². The van der Waals surface area contributed by atoms with E-state index in [9.17, 15) is 9.59 Å². The fraction of sp³-hybridized carbons (Fsp3) is 0.875. The Labute approximate surface area is 128 Å². The largest absolute Gasteiger partial charge is 0.481 e. The number of carboxylic acid groups (broad SMARTS) is 1. The van der Waals surface area contributed by atoms with Crippen molar-refractivity contribution in [3.63, 3.8) is 0 Å². The van der Waals surface area contributed by atoms with Crippen LogP contribution in [0.2, 0.25) is 0 Å². The molecule has 0 aromatic carbocycles. The van der Waals surface area contributed by atoms with Gasteiger partial charge in [-0.2, -0.15) is 0 Å². The van der Waals surface area contributed by atoms with E-state index in [2.05, 4.69) is 11.8 Å². The lowest BCUT2D eigenvalue weighted by Gasteiger charge is -2.34. The van der Waals surface area contributed by atoms with E-state index in [4.69, 9.17) is 5.11 Å². The molecule has 0 spiro atoms. The molecule has 0 aromatic heterocycles. The zero-order chi connectivity index (χ0) is 15.5. The lowest BCUT2D eigenvalue weighted by molar-refractivity contribution is -0.138. The van der Waals surface area contributed by atoms with Crippen LogP contribution in [0, 0.1) is 0 Å². The number of piperazine rings is 1. The summed E-state index contributed by atoms with van der Waals surface area (Å²) in [6, 6.07) is 0. The minimum Gasteiger partial charge on any atom is -0.481 e. The summed E-state index contributed by atoms with van der Waals surface area (Å²) in [4.78, 5) is 26.7. The fourth-order valence-corrected chi connectivity index (χ4v) is 2.69. The summed E-state index contributed by atoms with van der Waals surface area (Å²) in [6.45, 7) is 5.89. The third-order valence-electron chi connectivity index (χ3n) is 4.11. The number of carbonyl (C=O) groups is 2. The lowest BCUT2D eigenvalue weighted by Crippen LogP contribution is -2.49. The Morgan fingerprint density at radius 3 is 2.14 bits per heavy atom. The number of carboxylic acids is 1. The van der Waals surface area contributed by atoms with Crippen LogP contribution in [0.4, 0.5) is 0 Å². The lowest BCUT2D eigenvalue weighted by atomic mass is 10.1. The number of nitrogens with zero attached hydrogens (tertiary/aromatic N) is 2. The number of aliphatic carboxylic acids is 1. The van der Waals surface area contributed by atoms with Crippen LogP contribution in [-0.2, 0) is 9.59 Å². The molecule has 1 fully saturated rings. The first-order valence-electron chi connectivity index (χ1n) is 8.35. The first kappa shape index (κ1) is 18.0. The van der Waals surface area contributed by atoms with Gasteiger partial charge in [-0.1, -0.05) is 39.0 Å². The molecule has 5 heteroatoms. The molecule has 1 heterocycles. The van der Waals surface area contributed by atoms with Crippen molar-refractivity contribution in [1.82, 2.24) is 9.80 Å². The van der Waals surface area contributed by atoms with Gasteiger partial charge in [-0.05, 0) is 6.42 Å². The van der Waals surface area contributed by atoms with E-state index < -0.39 is 5.97 Å². The molecule has 1 saturated heterocycles. The Bertz CT molecular complexity index is 313. The maximum Gasteiger partial charge on any atom is 0.304 e. The molecule has 0 aromatic rings. The minimum absolute atomic E-state index is 0.186. The van der Waals surface area contributed by atoms with Crippen LogP contribution >= 0.6 is 0 Å². The monoisotopic (exact) mass is 298 g/mol. The molecule has 1 rings (SSSR count). The Morgan fingerprint density at radius 2 is 1.52 bits per heavy atom. The van der Waals surface area contributed by atoms with Gasteiger partial charge in [-0.25, -0.2) is 0 Å². The highest BCUT2D eigenvalue weighted by molar-refractivity contribution is 5.76. The topological polar surface area (TPSA) is 60.9 Å². The van der Waals surface area contributed by atoms with Crippen LogP contribution in [0.5, 0.6) is 0 Å². The second kappa shape index (κ2) is 10.6. The molecule has 0 atom stereocenters. The summed E-state index contributed by atoms with van der Waals surface area (Å²) >= 11 is 0. The highest BCUT2D eigenvalue weighted by Crippen LogP contribution is 2.10. The van der Waals surface area contributed by atoms with E-state index in [1.165, 1.54) is 25.7 Å². The number of rotatable bonds is 10. The molecule has 21 heavy (non-hydrogen) atoms. The van der Waals surface area contributed by atoms with Crippen molar-refractivity contribution in [1.29, 1.82) is 0 Å². The van der Waals surface area contributed by atoms with Crippen LogP contribution in [0.1, 0.15) is 58.3 Å². The van der Waals surface area contributed by atoms with Crippen molar-refractivity contribution < 1.29 is 14.7 Å². The molecule has 0 saturated carbocycles. The third-order valence-corrected chi connectivity index (χ3v) is 4.11. The predicted octanol–water partition coefficient (Wildman–Crippen LogP) is 2.36. The van der Waals surface area contributed by atoms with Gasteiger partial charge in [0.15, 0.2) is 0 Å². The summed E-state index contributed by atoms with van der Waals surface area (Å²) in [7, 11) is 0. The van der Waals surface area contributed by atoms with Crippen LogP contribution in [-0.4, -0.2) is 59.5 Å². The second-order valence-electron chi connectivity index (χ2n) is 5.88. The van der Waals surface area contributed by atoms with Crippen molar-refractivity contribution in [2.24, 2.45) is 0 Å². The number of amides is 1. The summed E-state index contributed by atoms with van der Waals surface area (Å²) in [5.41, 5.74) is 0. The van der Waals surface area contributed by atoms with Gasteiger partial charge >= 0.3 is 5.97 Å².